The summed E-state index contributed by atoms with van der Waals surface area (Å²) >= 11 is 0. The van der Waals surface area contributed by atoms with Crippen LogP contribution in [0.2, 0.25) is 0 Å². The van der Waals surface area contributed by atoms with Crippen LogP contribution in [0.15, 0.2) is 28.3 Å². The van der Waals surface area contributed by atoms with Crippen molar-refractivity contribution >= 4 is 25.8 Å². The Morgan fingerprint density at radius 1 is 1.22 bits per heavy atom. The van der Waals surface area contributed by atoms with E-state index in [0.717, 1.165) is 6.07 Å². The SMILES string of the molecule is CC(C)(C)S(=O)(=O)CC(N)=NOS(=O)(=O)c1ccc(F)cc1F. The summed E-state index contributed by atoms with van der Waals surface area (Å²) in [4.78, 5) is -0.950. The van der Waals surface area contributed by atoms with Gasteiger partial charge in [0.15, 0.2) is 15.7 Å². The molecule has 1 rings (SSSR count). The second-order valence-electron chi connectivity index (χ2n) is 5.56. The number of oxime groups is 1. The van der Waals surface area contributed by atoms with Crippen LogP contribution in [-0.2, 0) is 24.2 Å². The van der Waals surface area contributed by atoms with Gasteiger partial charge < -0.3 is 5.73 Å². The molecule has 0 saturated heterocycles. The van der Waals surface area contributed by atoms with Gasteiger partial charge in [-0.15, -0.1) is 0 Å². The number of hydrogen-bond acceptors (Lipinski definition) is 6. The zero-order valence-corrected chi connectivity index (χ0v) is 14.2. The van der Waals surface area contributed by atoms with E-state index in [9.17, 15) is 25.6 Å². The maximum Gasteiger partial charge on any atom is 0.361 e. The van der Waals surface area contributed by atoms with Crippen LogP contribution in [0.3, 0.4) is 0 Å². The Labute approximate surface area is 133 Å². The molecule has 1 aromatic carbocycles. The predicted molar refractivity (Wildman–Crippen MR) is 79.8 cm³/mol. The molecule has 0 aliphatic heterocycles. The number of nitrogens with two attached hydrogens (primary N) is 1. The number of amidine groups is 1. The molecule has 2 N–H and O–H groups in total. The highest BCUT2D eigenvalue weighted by atomic mass is 32.2. The largest absolute Gasteiger partial charge is 0.384 e. The summed E-state index contributed by atoms with van der Waals surface area (Å²) in [6.07, 6.45) is 0. The average Bonchev–Trinajstić information content (AvgIpc) is 2.34. The van der Waals surface area contributed by atoms with Crippen LogP contribution in [-0.4, -0.2) is 33.2 Å². The van der Waals surface area contributed by atoms with Crippen molar-refractivity contribution in [1.82, 2.24) is 0 Å². The van der Waals surface area contributed by atoms with Gasteiger partial charge in [0.2, 0.25) is 0 Å². The van der Waals surface area contributed by atoms with E-state index in [1.54, 1.807) is 0 Å². The van der Waals surface area contributed by atoms with Gasteiger partial charge in [0, 0.05) is 6.07 Å². The lowest BCUT2D eigenvalue weighted by atomic mass is 10.3. The fourth-order valence-corrected chi connectivity index (χ4v) is 2.93. The van der Waals surface area contributed by atoms with Gasteiger partial charge in [-0.2, -0.15) is 8.42 Å². The molecule has 0 aliphatic rings. The van der Waals surface area contributed by atoms with Gasteiger partial charge in [-0.1, -0.05) is 5.16 Å². The van der Waals surface area contributed by atoms with Gasteiger partial charge in [0.25, 0.3) is 0 Å². The number of nitrogens with zero attached hydrogens (tertiary/aromatic N) is 1. The third kappa shape index (κ3) is 4.86. The van der Waals surface area contributed by atoms with E-state index in [2.05, 4.69) is 9.44 Å². The minimum Gasteiger partial charge on any atom is -0.384 e. The fraction of sp³-hybridized carbons (Fsp3) is 0.417. The molecule has 0 aliphatic carbocycles. The van der Waals surface area contributed by atoms with Crippen molar-refractivity contribution in [1.29, 1.82) is 0 Å². The van der Waals surface area contributed by atoms with Gasteiger partial charge in [0.05, 0.1) is 4.75 Å². The first-order valence-electron chi connectivity index (χ1n) is 6.19. The lowest BCUT2D eigenvalue weighted by molar-refractivity contribution is 0.335. The molecule has 0 radical (unpaired) electrons. The number of rotatable bonds is 5. The van der Waals surface area contributed by atoms with Crippen LogP contribution < -0.4 is 5.73 Å². The van der Waals surface area contributed by atoms with Gasteiger partial charge in [0.1, 0.15) is 22.3 Å². The van der Waals surface area contributed by atoms with Gasteiger partial charge >= 0.3 is 10.1 Å². The second-order valence-corrected chi connectivity index (χ2v) is 9.80. The number of benzene rings is 1. The Hall–Kier alpha value is -1.75. The first-order chi connectivity index (χ1) is 10.3. The standard InChI is InChI=1S/C12H16F2N2O5S2/c1-12(2,3)22(17,18)7-11(15)16-21-23(19,20)10-5-4-8(13)6-9(10)14/h4-6H,7H2,1-3H3,(H2,15,16). The highest BCUT2D eigenvalue weighted by Crippen LogP contribution is 2.19. The molecule has 0 spiro atoms. The first-order valence-corrected chi connectivity index (χ1v) is 9.26. The topological polar surface area (TPSA) is 116 Å². The Bertz CT molecular complexity index is 827. The van der Waals surface area contributed by atoms with Crippen molar-refractivity contribution in [2.75, 3.05) is 5.75 Å². The minimum atomic E-state index is -4.70. The molecule has 23 heavy (non-hydrogen) atoms. The van der Waals surface area contributed by atoms with Crippen LogP contribution in [0.1, 0.15) is 20.8 Å². The Morgan fingerprint density at radius 2 is 1.78 bits per heavy atom. The molecule has 7 nitrogen and oxygen atoms in total. The minimum absolute atomic E-state index is 0.355. The smallest absolute Gasteiger partial charge is 0.361 e. The molecular weight excluding hydrogens is 354 g/mol. The van der Waals surface area contributed by atoms with Gasteiger partial charge in [-0.25, -0.2) is 17.2 Å². The van der Waals surface area contributed by atoms with Crippen LogP contribution in [0, 0.1) is 11.6 Å². The van der Waals surface area contributed by atoms with E-state index < -0.39 is 52.8 Å². The quantitative estimate of drug-likeness (QED) is 0.472. The molecule has 0 fully saturated rings. The summed E-state index contributed by atoms with van der Waals surface area (Å²) < 4.78 is 76.4. The number of sulfone groups is 1. The summed E-state index contributed by atoms with van der Waals surface area (Å²) in [5.74, 6) is -3.70. The lowest BCUT2D eigenvalue weighted by Crippen LogP contribution is -2.36. The van der Waals surface area contributed by atoms with E-state index >= 15 is 0 Å². The molecule has 0 unspecified atom stereocenters. The third-order valence-electron chi connectivity index (χ3n) is 2.69. The number of halogens is 2. The van der Waals surface area contributed by atoms with E-state index in [1.165, 1.54) is 20.8 Å². The van der Waals surface area contributed by atoms with Crippen molar-refractivity contribution in [3.63, 3.8) is 0 Å². The molecule has 0 amide bonds. The highest BCUT2D eigenvalue weighted by molar-refractivity contribution is 7.93. The predicted octanol–water partition coefficient (Wildman–Crippen LogP) is 1.16. The molecule has 0 atom stereocenters. The summed E-state index contributed by atoms with van der Waals surface area (Å²) in [7, 11) is -8.40. The molecule has 0 saturated carbocycles. The van der Waals surface area contributed by atoms with Crippen LogP contribution in [0.25, 0.3) is 0 Å². The maximum atomic E-state index is 13.4. The lowest BCUT2D eigenvalue weighted by Gasteiger charge is -2.18. The van der Waals surface area contributed by atoms with Gasteiger partial charge in [-0.3, -0.25) is 4.28 Å². The van der Waals surface area contributed by atoms with E-state index in [-0.39, 0.29) is 0 Å². The molecule has 0 bridgehead atoms. The van der Waals surface area contributed by atoms with Crippen LogP contribution in [0.5, 0.6) is 0 Å². The number of hydrogen-bond donors (Lipinski definition) is 1. The van der Waals surface area contributed by atoms with Crippen molar-refractivity contribution in [3.8, 4) is 0 Å². The molecule has 1 aromatic rings. The van der Waals surface area contributed by atoms with Crippen molar-refractivity contribution in [2.45, 2.75) is 30.4 Å². The molecule has 11 heteroatoms. The Morgan fingerprint density at radius 3 is 2.26 bits per heavy atom. The fourth-order valence-electron chi connectivity index (χ4n) is 1.25. The Kier molecular flexibility index (Phi) is 5.37. The summed E-state index contributed by atoms with van der Waals surface area (Å²) in [6.45, 7) is 4.29. The maximum absolute atomic E-state index is 13.4. The summed E-state index contributed by atoms with van der Waals surface area (Å²) in [6, 6.07) is 1.72. The average molecular weight is 370 g/mol. The van der Waals surface area contributed by atoms with E-state index in [0.29, 0.717) is 12.1 Å². The molecular formula is C12H16F2N2O5S2. The Balaban J connectivity index is 2.99. The highest BCUT2D eigenvalue weighted by Gasteiger charge is 2.30. The van der Waals surface area contributed by atoms with E-state index in [4.69, 9.17) is 5.73 Å². The molecule has 0 aromatic heterocycles. The normalized spacial score (nSPS) is 13.9. The molecule has 0 heterocycles. The summed E-state index contributed by atoms with van der Waals surface area (Å²) in [5, 5.41) is 3.00. The second kappa shape index (κ2) is 6.40. The van der Waals surface area contributed by atoms with Gasteiger partial charge in [-0.05, 0) is 32.9 Å². The van der Waals surface area contributed by atoms with Crippen LogP contribution in [0.4, 0.5) is 8.78 Å². The van der Waals surface area contributed by atoms with Crippen molar-refractivity contribution < 1.29 is 29.9 Å². The van der Waals surface area contributed by atoms with Crippen molar-refractivity contribution in [3.05, 3.63) is 29.8 Å². The monoisotopic (exact) mass is 370 g/mol. The zero-order chi connectivity index (χ0) is 18.1. The van der Waals surface area contributed by atoms with Crippen LogP contribution >= 0.6 is 0 Å². The first kappa shape index (κ1) is 19.3. The molecule has 130 valence electrons. The zero-order valence-electron chi connectivity index (χ0n) is 12.6. The third-order valence-corrected chi connectivity index (χ3v) is 6.37. The van der Waals surface area contributed by atoms with E-state index in [1.807, 2.05) is 0 Å². The summed E-state index contributed by atoms with van der Waals surface area (Å²) in [5.41, 5.74) is 5.33. The van der Waals surface area contributed by atoms with Crippen molar-refractivity contribution in [2.24, 2.45) is 10.9 Å².